The molecule has 0 aromatic carbocycles. The van der Waals surface area contributed by atoms with E-state index in [0.717, 1.165) is 0 Å². The van der Waals surface area contributed by atoms with Gasteiger partial charge >= 0.3 is 23.9 Å². The summed E-state index contributed by atoms with van der Waals surface area (Å²) in [7, 11) is 14.2. The highest BCUT2D eigenvalue weighted by molar-refractivity contribution is 8.00. The Morgan fingerprint density at radius 2 is 0.866 bits per heavy atom. The lowest BCUT2D eigenvalue weighted by Gasteiger charge is -2.49. The number of amides is 1. The molecule has 0 spiro atoms. The molecule has 6 aliphatic rings. The second-order valence-electron chi connectivity index (χ2n) is 41.9. The number of cyclic esters (lactones) is 2. The lowest BCUT2D eigenvalue weighted by Crippen LogP contribution is -2.61. The van der Waals surface area contributed by atoms with Crippen LogP contribution < -0.4 is 11.1 Å². The fourth-order valence-electron chi connectivity index (χ4n) is 19.3. The number of likely N-dealkylation sites (N-methyl/N-ethyl adjacent to an activating group) is 4. The largest absolute Gasteiger partial charge is 0.459 e. The van der Waals surface area contributed by atoms with Crippen LogP contribution in [0.4, 0.5) is 0 Å². The first-order chi connectivity index (χ1) is 58.2. The van der Waals surface area contributed by atoms with Gasteiger partial charge < -0.3 is 138 Å². The number of nitrogens with two attached hydrogens (primary N) is 1. The summed E-state index contributed by atoms with van der Waals surface area (Å²) in [6, 6.07) is -3.84. The number of hydrogen-bond acceptors (Lipinski definition) is 34. The maximum atomic E-state index is 14.5. The highest BCUT2D eigenvalue weighted by atomic mass is 32.2. The average Bonchev–Trinajstić information content (AvgIpc) is 1.56. The maximum absolute atomic E-state index is 14.5. The minimum atomic E-state index is -1.85. The van der Waals surface area contributed by atoms with E-state index in [9.17, 15) is 64.8 Å². The maximum Gasteiger partial charge on any atom is 0.330 e. The first-order valence-electron chi connectivity index (χ1n) is 46.0. The van der Waals surface area contributed by atoms with Crippen LogP contribution in [0.5, 0.6) is 0 Å². The number of carbonyl (C=O) groups is 5. The van der Waals surface area contributed by atoms with Crippen molar-refractivity contribution in [2.45, 2.75) is 440 Å². The first-order valence-corrected chi connectivity index (χ1v) is 48.0. The Morgan fingerprint density at radius 1 is 0.528 bits per heavy atom. The van der Waals surface area contributed by atoms with Gasteiger partial charge in [0.25, 0.3) is 0 Å². The molecule has 0 aromatic rings. The normalized spacial score (nSPS) is 43.4. The molecule has 35 heteroatoms. The Kier molecular flexibility index (Phi) is 42.7. The zero-order valence-corrected chi connectivity index (χ0v) is 85.1. The van der Waals surface area contributed by atoms with Crippen LogP contribution in [-0.2, 0) is 90.3 Å². The molecule has 0 bridgehead atoms. The zero-order valence-electron chi connectivity index (χ0n) is 83.5. The molecule has 0 aliphatic carbocycles. The third-order valence-corrected chi connectivity index (χ3v) is 30.0. The standard InChI is InChI=1S/C47H87N3O14S.C45H85N3O13S/c1-19-34-47(14,57)38(52)29(6)50(17)23-25(2)21-45(12,56)40(27(4)36(28(5)41(54)61-34)62-35-22-46(13,58-18)39(53)30(7)60-35)64-43-37(33(49(15)16)20-26(3)59-43)63-42(55)32(48-31(8)51)24-65-44(9,10)11;1-18-32-45(13,54)36(49)28(6)48(16)22-24(2)20-43(11,53)38(26(4)34(27(5)39(51)58-32)59-33-21-44(12,55-17)37(50)29(7)57-33)61-41-35(31(47(14)15)19-25(3)56-41)60-40(52)30(46)23-62-42(8,9)10/h25-30,32-40,43,52-53,56-57H,19-24H2,1-18H3,(H,48,51);24-38,41,49-50,53-54H,18-23,46H2,1-17H3/t25-,26-,27+,28-,29-,30+,32+,33+,34-,35+,36+,37-,38-,39+,40-,43+,45-,46-,47-;24-,25-,26+,27-,28-,29+,30+,31+,32-,33+,34+,35-,36-,37+,38-,41+,43-,44-,45-/m11/s1. The van der Waals surface area contributed by atoms with Gasteiger partial charge in [-0.1, -0.05) is 83.1 Å². The van der Waals surface area contributed by atoms with E-state index in [2.05, 4.69) is 5.32 Å². The van der Waals surface area contributed by atoms with Crippen molar-refractivity contribution in [2.24, 2.45) is 41.2 Å². The number of ether oxygens (including phenoxy) is 14. The predicted molar refractivity (Wildman–Crippen MR) is 486 cm³/mol. The molecule has 6 heterocycles. The molecule has 6 fully saturated rings. The molecule has 33 nitrogen and oxygen atoms in total. The molecule has 38 atom stereocenters. The lowest BCUT2D eigenvalue weighted by molar-refractivity contribution is -0.319. The smallest absolute Gasteiger partial charge is 0.330 e. The molecule has 6 saturated heterocycles. The monoisotopic (exact) mass is 1860 g/mol. The summed E-state index contributed by atoms with van der Waals surface area (Å²) in [4.78, 5) is 77.0. The van der Waals surface area contributed by atoms with Crippen LogP contribution in [0.25, 0.3) is 0 Å². The number of nitrogens with zero attached hydrogens (tertiary/aromatic N) is 4. The summed E-state index contributed by atoms with van der Waals surface area (Å²) < 4.78 is 89.4. The number of aliphatic hydroxyl groups is 8. The molecule has 0 saturated carbocycles. The van der Waals surface area contributed by atoms with Crippen LogP contribution in [0.15, 0.2) is 0 Å². The zero-order chi connectivity index (χ0) is 97.2. The van der Waals surface area contributed by atoms with E-state index in [1.807, 2.05) is 138 Å². The molecule has 6 rings (SSSR count). The molecular weight excluding hydrogens is 1690 g/mol. The Morgan fingerprint density at radius 3 is 1.18 bits per heavy atom. The fourth-order valence-corrected chi connectivity index (χ4v) is 21.0. The van der Waals surface area contributed by atoms with E-state index in [1.54, 1.807) is 102 Å². The van der Waals surface area contributed by atoms with E-state index in [1.165, 1.54) is 46.8 Å². The van der Waals surface area contributed by atoms with Crippen molar-refractivity contribution in [1.29, 1.82) is 0 Å². The second kappa shape index (κ2) is 47.3. The topological polar surface area (TPSA) is 427 Å². The van der Waals surface area contributed by atoms with Gasteiger partial charge in [-0.25, -0.2) is 4.79 Å². The number of thioether (sulfide) groups is 2. The average molecular weight is 1860 g/mol. The number of nitrogens with one attached hydrogen (secondary N) is 1. The van der Waals surface area contributed by atoms with Gasteiger partial charge in [0.2, 0.25) is 5.91 Å². The Bertz CT molecular complexity index is 3410. The number of esters is 4. The number of carbonyl (C=O) groups excluding carboxylic acids is 5. The number of methoxy groups -OCH3 is 2. The summed E-state index contributed by atoms with van der Waals surface area (Å²) in [6.45, 7) is 49.3. The van der Waals surface area contributed by atoms with E-state index in [-0.39, 0.29) is 89.8 Å². The van der Waals surface area contributed by atoms with E-state index in [0.29, 0.717) is 31.7 Å². The van der Waals surface area contributed by atoms with Gasteiger partial charge in [0.15, 0.2) is 37.4 Å². The summed E-state index contributed by atoms with van der Waals surface area (Å²) in [6.07, 6.45) is -18.1. The van der Waals surface area contributed by atoms with Gasteiger partial charge in [-0.3, -0.25) is 19.2 Å². The van der Waals surface area contributed by atoms with Gasteiger partial charge in [0, 0.05) is 92.0 Å². The highest BCUT2D eigenvalue weighted by Gasteiger charge is 2.58. The van der Waals surface area contributed by atoms with Gasteiger partial charge in [-0.15, -0.1) is 0 Å². The molecule has 0 aromatic heterocycles. The Labute approximate surface area is 768 Å². The second-order valence-corrected chi connectivity index (χ2v) is 45.6. The summed E-state index contributed by atoms with van der Waals surface area (Å²) >= 11 is 3.06. The third-order valence-electron chi connectivity index (χ3n) is 27.2. The fraction of sp³-hybridized carbons (Fsp3) is 0.946. The SMILES string of the molecule is CC[C@H]1OC(=O)[C@H](C)[C@@H](O[C@H]2C[C@@](C)(OC)[C@@H](O)[C@H](C)O2)[C@H](C)[C@@H](O[C@@H]2O[C@H](C)C[C@H](N(C)C)[C@H]2OC(=O)[C@@H](N)CSC(C)(C)C)[C@](C)(O)C[C@@H](C)CN(C)[C@H](C)[C@@H](O)[C@]1(C)O.CC[C@H]1OC(=O)[C@H](C)[C@@H](O[C@H]2C[C@@](C)(OC)[C@@H](O)[C@H](C)O2)[C@H](C)[C@@H](O[C@@H]2O[C@H](C)C[C@H](N(C)C)[C@H]2OC(=O)[C@H](CSC(C)(C)C)NC(C)=O)[C@](C)(O)C[C@@H](C)CN(C)[C@H](C)[C@@H](O)[C@]1(C)O. The van der Waals surface area contributed by atoms with E-state index < -0.39 is 222 Å². The number of rotatable bonds is 23. The minimum Gasteiger partial charge on any atom is -0.459 e. The molecule has 11 N–H and O–H groups in total. The first kappa shape index (κ1) is 115. The van der Waals surface area contributed by atoms with Gasteiger partial charge in [-0.2, -0.15) is 23.5 Å². The van der Waals surface area contributed by atoms with Gasteiger partial charge in [0.1, 0.15) is 59.9 Å². The highest BCUT2D eigenvalue weighted by Crippen LogP contribution is 2.45. The molecule has 0 radical (unpaired) electrons. The quantitative estimate of drug-likeness (QED) is 0.0371. The van der Waals surface area contributed by atoms with E-state index in [4.69, 9.17) is 72.0 Å². The summed E-state index contributed by atoms with van der Waals surface area (Å²) in [5, 5.41) is 97.7. The van der Waals surface area contributed by atoms with Crippen LogP contribution in [0.3, 0.4) is 0 Å². The van der Waals surface area contributed by atoms with Crippen LogP contribution in [0, 0.1) is 35.5 Å². The minimum absolute atomic E-state index is 0.0798. The predicted octanol–water partition coefficient (Wildman–Crippen LogP) is 6.80. The van der Waals surface area contributed by atoms with Crippen molar-refractivity contribution < 1.29 is 131 Å². The molecule has 1 amide bonds. The van der Waals surface area contributed by atoms with Crippen molar-refractivity contribution in [2.75, 3.05) is 81.1 Å². The van der Waals surface area contributed by atoms with Gasteiger partial charge in [-0.05, 0) is 190 Å². The van der Waals surface area contributed by atoms with Gasteiger partial charge in [0.05, 0.1) is 95.2 Å². The van der Waals surface area contributed by atoms with Crippen molar-refractivity contribution in [1.82, 2.24) is 24.9 Å². The van der Waals surface area contributed by atoms with Crippen LogP contribution in [-0.4, -0.2) is 374 Å². The molecule has 744 valence electrons. The van der Waals surface area contributed by atoms with Crippen molar-refractivity contribution in [3.8, 4) is 0 Å². The molecule has 0 unspecified atom stereocenters. The lowest BCUT2D eigenvalue weighted by atomic mass is 9.77. The number of aliphatic hydroxyl groups excluding tert-OH is 4. The van der Waals surface area contributed by atoms with Crippen molar-refractivity contribution >= 4 is 53.3 Å². The molecule has 6 aliphatic heterocycles. The van der Waals surface area contributed by atoms with Crippen LogP contribution in [0.1, 0.15) is 238 Å². The Hall–Kier alpha value is -2.87. The van der Waals surface area contributed by atoms with Crippen LogP contribution >= 0.6 is 23.5 Å². The Balaban J connectivity index is 0.000000451. The summed E-state index contributed by atoms with van der Waals surface area (Å²) in [5.41, 5.74) is -2.74. The van der Waals surface area contributed by atoms with Crippen molar-refractivity contribution in [3.05, 3.63) is 0 Å². The summed E-state index contributed by atoms with van der Waals surface area (Å²) in [5.74, 6) is -6.80. The van der Waals surface area contributed by atoms with Crippen molar-refractivity contribution in [3.63, 3.8) is 0 Å². The molecule has 127 heavy (non-hydrogen) atoms. The van der Waals surface area contributed by atoms with Crippen LogP contribution in [0.2, 0.25) is 0 Å². The third kappa shape index (κ3) is 30.6. The van der Waals surface area contributed by atoms with E-state index >= 15 is 0 Å². The number of hydrogen-bond donors (Lipinski definition) is 10. The molecular formula is C92H172N6O27S2.